The van der Waals surface area contributed by atoms with E-state index in [1.54, 1.807) is 6.92 Å². The second-order valence-electron chi connectivity index (χ2n) is 3.89. The molecule has 6 heteroatoms. The number of esters is 1. The van der Waals surface area contributed by atoms with Gasteiger partial charge in [0.15, 0.2) is 0 Å². The van der Waals surface area contributed by atoms with Crippen molar-refractivity contribution in [1.82, 2.24) is 9.97 Å². The summed E-state index contributed by atoms with van der Waals surface area (Å²) < 4.78 is 4.90. The Morgan fingerprint density at radius 1 is 1.10 bits per heavy atom. The van der Waals surface area contributed by atoms with Crippen molar-refractivity contribution in [3.8, 4) is 11.4 Å². The van der Waals surface area contributed by atoms with Crippen molar-refractivity contribution in [3.05, 3.63) is 47.8 Å². The van der Waals surface area contributed by atoms with Gasteiger partial charge in [0.05, 0.1) is 29.1 Å². The van der Waals surface area contributed by atoms with Gasteiger partial charge < -0.3 is 9.84 Å². The topological polar surface area (TPSA) is 89.4 Å². The van der Waals surface area contributed by atoms with Crippen LogP contribution in [-0.2, 0) is 4.74 Å². The molecule has 0 saturated carbocycles. The summed E-state index contributed by atoms with van der Waals surface area (Å²) in [5, 5.41) is 8.95. The number of nitrogens with zero attached hydrogens (tertiary/aromatic N) is 2. The Balaban J connectivity index is 2.38. The fraction of sp³-hybridized carbons (Fsp3) is 0.143. The molecule has 0 amide bonds. The predicted octanol–water partition coefficient (Wildman–Crippen LogP) is 2.02. The molecule has 0 saturated heterocycles. The lowest BCUT2D eigenvalue weighted by Gasteiger charge is -2.04. The van der Waals surface area contributed by atoms with Crippen molar-refractivity contribution in [2.24, 2.45) is 0 Å². The third-order valence-electron chi connectivity index (χ3n) is 2.54. The van der Waals surface area contributed by atoms with Crippen LogP contribution >= 0.6 is 0 Å². The van der Waals surface area contributed by atoms with E-state index < -0.39 is 11.9 Å². The third kappa shape index (κ3) is 2.97. The fourth-order valence-corrected chi connectivity index (χ4v) is 1.62. The maximum atomic E-state index is 11.6. The van der Waals surface area contributed by atoms with Crippen molar-refractivity contribution >= 4 is 11.9 Å². The summed E-state index contributed by atoms with van der Waals surface area (Å²) in [4.78, 5) is 30.7. The van der Waals surface area contributed by atoms with E-state index in [4.69, 9.17) is 9.84 Å². The fourth-order valence-electron chi connectivity index (χ4n) is 1.62. The van der Waals surface area contributed by atoms with Gasteiger partial charge in [0.25, 0.3) is 0 Å². The van der Waals surface area contributed by atoms with Gasteiger partial charge in [-0.05, 0) is 31.2 Å². The maximum absolute atomic E-state index is 11.6. The summed E-state index contributed by atoms with van der Waals surface area (Å²) in [7, 11) is 0. The Kier molecular flexibility index (Phi) is 4.05. The van der Waals surface area contributed by atoms with Crippen LogP contribution in [-0.4, -0.2) is 33.6 Å². The lowest BCUT2D eigenvalue weighted by molar-refractivity contribution is 0.0525. The zero-order chi connectivity index (χ0) is 14.5. The quantitative estimate of drug-likeness (QED) is 0.856. The first-order valence-corrected chi connectivity index (χ1v) is 5.94. The van der Waals surface area contributed by atoms with E-state index in [0.29, 0.717) is 17.0 Å². The van der Waals surface area contributed by atoms with E-state index in [-0.39, 0.29) is 12.2 Å². The van der Waals surface area contributed by atoms with E-state index in [2.05, 4.69) is 9.97 Å². The van der Waals surface area contributed by atoms with Crippen molar-refractivity contribution in [2.75, 3.05) is 6.61 Å². The Bertz CT molecular complexity index is 655. The van der Waals surface area contributed by atoms with Gasteiger partial charge in [0.2, 0.25) is 0 Å². The summed E-state index contributed by atoms with van der Waals surface area (Å²) in [5.74, 6) is -1.50. The standard InChI is InChI=1S/C14H12N2O4/c1-2-20-14(19)10-4-6-16-12(8-10)11-7-9(13(17)18)3-5-15-11/h3-8H,2H2,1H3,(H,17,18). The van der Waals surface area contributed by atoms with Crippen LogP contribution in [0.15, 0.2) is 36.7 Å². The zero-order valence-electron chi connectivity index (χ0n) is 10.7. The SMILES string of the molecule is CCOC(=O)c1ccnc(-c2cc(C(=O)O)ccn2)c1. The highest BCUT2D eigenvalue weighted by atomic mass is 16.5. The molecule has 0 aliphatic heterocycles. The molecule has 0 aromatic carbocycles. The van der Waals surface area contributed by atoms with Gasteiger partial charge in [0, 0.05) is 12.4 Å². The van der Waals surface area contributed by atoms with Gasteiger partial charge in [-0.1, -0.05) is 0 Å². The molecule has 102 valence electrons. The smallest absolute Gasteiger partial charge is 0.338 e. The first-order chi connectivity index (χ1) is 9.61. The molecule has 2 aromatic rings. The summed E-state index contributed by atoms with van der Waals surface area (Å²) in [6.07, 6.45) is 2.84. The molecular weight excluding hydrogens is 260 g/mol. The van der Waals surface area contributed by atoms with Crippen LogP contribution in [0.3, 0.4) is 0 Å². The highest BCUT2D eigenvalue weighted by Crippen LogP contribution is 2.17. The van der Waals surface area contributed by atoms with Gasteiger partial charge in [0.1, 0.15) is 0 Å². The lowest BCUT2D eigenvalue weighted by Crippen LogP contribution is -2.05. The van der Waals surface area contributed by atoms with E-state index >= 15 is 0 Å². The Labute approximate surface area is 115 Å². The molecule has 0 radical (unpaired) electrons. The molecular formula is C14H12N2O4. The molecule has 2 rings (SSSR count). The number of carbonyl (C=O) groups is 2. The minimum atomic E-state index is -1.05. The van der Waals surface area contributed by atoms with Crippen molar-refractivity contribution in [2.45, 2.75) is 6.92 Å². The van der Waals surface area contributed by atoms with Crippen molar-refractivity contribution in [1.29, 1.82) is 0 Å². The number of aromatic carboxylic acids is 1. The molecule has 2 heterocycles. The summed E-state index contributed by atoms with van der Waals surface area (Å²) >= 11 is 0. The van der Waals surface area contributed by atoms with Crippen LogP contribution in [0.1, 0.15) is 27.6 Å². The number of hydrogen-bond donors (Lipinski definition) is 1. The molecule has 1 N–H and O–H groups in total. The van der Waals surface area contributed by atoms with Crippen LogP contribution in [0.2, 0.25) is 0 Å². The number of carboxylic acids is 1. The first kappa shape index (κ1) is 13.7. The monoisotopic (exact) mass is 272 g/mol. The van der Waals surface area contributed by atoms with Crippen molar-refractivity contribution in [3.63, 3.8) is 0 Å². The number of carbonyl (C=O) groups excluding carboxylic acids is 1. The van der Waals surface area contributed by atoms with E-state index in [0.717, 1.165) is 0 Å². The molecule has 6 nitrogen and oxygen atoms in total. The van der Waals surface area contributed by atoms with Crippen LogP contribution in [0.25, 0.3) is 11.4 Å². The third-order valence-corrected chi connectivity index (χ3v) is 2.54. The molecule has 2 aromatic heterocycles. The lowest BCUT2D eigenvalue weighted by atomic mass is 10.1. The Hall–Kier alpha value is -2.76. The Morgan fingerprint density at radius 2 is 1.65 bits per heavy atom. The molecule has 0 atom stereocenters. The average Bonchev–Trinajstić information content (AvgIpc) is 2.48. The zero-order valence-corrected chi connectivity index (χ0v) is 10.7. The predicted molar refractivity (Wildman–Crippen MR) is 70.4 cm³/mol. The van der Waals surface area contributed by atoms with Gasteiger partial charge in [-0.25, -0.2) is 9.59 Å². The average molecular weight is 272 g/mol. The maximum Gasteiger partial charge on any atom is 0.338 e. The highest BCUT2D eigenvalue weighted by Gasteiger charge is 2.11. The summed E-state index contributed by atoms with van der Waals surface area (Å²) in [6, 6.07) is 5.84. The Morgan fingerprint density at radius 3 is 2.20 bits per heavy atom. The number of aromatic nitrogens is 2. The number of rotatable bonds is 4. The van der Waals surface area contributed by atoms with Crippen LogP contribution in [0.5, 0.6) is 0 Å². The summed E-state index contributed by atoms with van der Waals surface area (Å²) in [6.45, 7) is 2.00. The largest absolute Gasteiger partial charge is 0.478 e. The number of pyridine rings is 2. The van der Waals surface area contributed by atoms with E-state index in [1.165, 1.54) is 36.7 Å². The molecule has 20 heavy (non-hydrogen) atoms. The molecule has 0 fully saturated rings. The first-order valence-electron chi connectivity index (χ1n) is 5.94. The summed E-state index contributed by atoms with van der Waals surface area (Å²) in [5.41, 5.74) is 1.26. The molecule has 0 aliphatic carbocycles. The minimum Gasteiger partial charge on any atom is -0.478 e. The van der Waals surface area contributed by atoms with Gasteiger partial charge in [-0.2, -0.15) is 0 Å². The second-order valence-corrected chi connectivity index (χ2v) is 3.89. The van der Waals surface area contributed by atoms with Crippen LogP contribution in [0.4, 0.5) is 0 Å². The van der Waals surface area contributed by atoms with Gasteiger partial charge >= 0.3 is 11.9 Å². The van der Waals surface area contributed by atoms with Gasteiger partial charge in [-0.15, -0.1) is 0 Å². The van der Waals surface area contributed by atoms with Crippen molar-refractivity contribution < 1.29 is 19.4 Å². The minimum absolute atomic E-state index is 0.110. The molecule has 0 bridgehead atoms. The molecule has 0 spiro atoms. The van der Waals surface area contributed by atoms with Gasteiger partial charge in [-0.3, -0.25) is 9.97 Å². The molecule has 0 aliphatic rings. The van der Waals surface area contributed by atoms with Crippen LogP contribution < -0.4 is 0 Å². The normalized spacial score (nSPS) is 10.1. The number of carboxylic acid groups (broad SMARTS) is 1. The van der Waals surface area contributed by atoms with E-state index in [9.17, 15) is 9.59 Å². The number of hydrogen-bond acceptors (Lipinski definition) is 5. The second kappa shape index (κ2) is 5.92. The highest BCUT2D eigenvalue weighted by molar-refractivity contribution is 5.91. The van der Waals surface area contributed by atoms with E-state index in [1.807, 2.05) is 0 Å². The number of ether oxygens (including phenoxy) is 1. The molecule has 0 unspecified atom stereocenters. The van der Waals surface area contributed by atoms with Crippen LogP contribution in [0, 0.1) is 0 Å².